The Kier molecular flexibility index (Phi) is 6.85. The maximum atomic E-state index is 12.4. The maximum Gasteiger partial charge on any atom is 0.236 e. The minimum atomic E-state index is 0.0434. The van der Waals surface area contributed by atoms with E-state index in [9.17, 15) is 9.59 Å². The van der Waals surface area contributed by atoms with E-state index in [1.165, 1.54) is 19.4 Å². The zero-order valence-electron chi connectivity index (χ0n) is 16.5. The Labute approximate surface area is 162 Å². The van der Waals surface area contributed by atoms with Crippen molar-refractivity contribution in [1.82, 2.24) is 14.7 Å². The lowest BCUT2D eigenvalue weighted by Crippen LogP contribution is -2.49. The van der Waals surface area contributed by atoms with E-state index >= 15 is 0 Å². The molecule has 0 aliphatic carbocycles. The lowest BCUT2D eigenvalue weighted by Gasteiger charge is -2.31. The molecule has 1 aromatic carbocycles. The van der Waals surface area contributed by atoms with Gasteiger partial charge >= 0.3 is 0 Å². The van der Waals surface area contributed by atoms with Crippen LogP contribution < -0.4 is 4.74 Å². The van der Waals surface area contributed by atoms with Crippen LogP contribution in [0, 0.1) is 0 Å². The van der Waals surface area contributed by atoms with Crippen molar-refractivity contribution in [2.45, 2.75) is 32.2 Å². The predicted octanol–water partition coefficient (Wildman–Crippen LogP) is 1.90. The Morgan fingerprint density at radius 1 is 1.19 bits per heavy atom. The van der Waals surface area contributed by atoms with Gasteiger partial charge in [0, 0.05) is 38.3 Å². The zero-order chi connectivity index (χ0) is 19.2. The van der Waals surface area contributed by atoms with E-state index in [2.05, 4.69) is 11.8 Å². The van der Waals surface area contributed by atoms with Crippen LogP contribution in [0.25, 0.3) is 0 Å². The van der Waals surface area contributed by atoms with Gasteiger partial charge in [0.25, 0.3) is 0 Å². The fourth-order valence-electron chi connectivity index (χ4n) is 3.76. The van der Waals surface area contributed by atoms with Crippen molar-refractivity contribution in [2.24, 2.45) is 0 Å². The smallest absolute Gasteiger partial charge is 0.236 e. The monoisotopic (exact) mass is 373 g/mol. The molecule has 0 saturated carbocycles. The number of ketones is 1. The summed E-state index contributed by atoms with van der Waals surface area (Å²) < 4.78 is 5.81. The number of Topliss-reactive ketones (excluding diaryl/α,β-unsaturated/α-hetero) is 1. The number of benzene rings is 1. The third kappa shape index (κ3) is 5.53. The molecule has 27 heavy (non-hydrogen) atoms. The van der Waals surface area contributed by atoms with Gasteiger partial charge in [-0.05, 0) is 57.0 Å². The van der Waals surface area contributed by atoms with Gasteiger partial charge in [-0.15, -0.1) is 0 Å². The Bertz CT molecular complexity index is 647. The van der Waals surface area contributed by atoms with Gasteiger partial charge in [0.2, 0.25) is 5.91 Å². The second kappa shape index (κ2) is 9.33. The van der Waals surface area contributed by atoms with E-state index in [-0.39, 0.29) is 18.2 Å². The molecule has 0 spiro atoms. The Balaban J connectivity index is 1.40. The van der Waals surface area contributed by atoms with Gasteiger partial charge < -0.3 is 14.5 Å². The molecule has 2 aliphatic heterocycles. The number of rotatable bonds is 8. The predicted molar refractivity (Wildman–Crippen MR) is 105 cm³/mol. The number of likely N-dealkylation sites (tertiary alicyclic amines) is 1. The summed E-state index contributed by atoms with van der Waals surface area (Å²) in [4.78, 5) is 30.3. The molecule has 2 aliphatic rings. The van der Waals surface area contributed by atoms with Crippen LogP contribution in [0.3, 0.4) is 0 Å². The summed E-state index contributed by atoms with van der Waals surface area (Å²) in [7, 11) is 1.80. The highest BCUT2D eigenvalue weighted by atomic mass is 16.5. The first-order valence-corrected chi connectivity index (χ1v) is 9.99. The van der Waals surface area contributed by atoms with Crippen molar-refractivity contribution in [3.63, 3.8) is 0 Å². The molecular weight excluding hydrogens is 342 g/mol. The number of ether oxygens (including phenoxy) is 1. The average Bonchev–Trinajstić information content (AvgIpc) is 3.07. The van der Waals surface area contributed by atoms with Crippen molar-refractivity contribution < 1.29 is 14.3 Å². The van der Waals surface area contributed by atoms with Gasteiger partial charge in [0.15, 0.2) is 5.78 Å². The van der Waals surface area contributed by atoms with E-state index in [1.54, 1.807) is 11.9 Å². The van der Waals surface area contributed by atoms with Crippen molar-refractivity contribution in [3.05, 3.63) is 29.8 Å². The van der Waals surface area contributed by atoms with Crippen LogP contribution >= 0.6 is 0 Å². The molecule has 1 aromatic rings. The molecule has 3 rings (SSSR count). The molecule has 1 atom stereocenters. The molecule has 6 heteroatoms. The molecule has 2 fully saturated rings. The molecule has 0 N–H and O–H groups in total. The largest absolute Gasteiger partial charge is 0.494 e. The number of hydrogen-bond donors (Lipinski definition) is 0. The van der Waals surface area contributed by atoms with Crippen LogP contribution in [-0.4, -0.2) is 85.4 Å². The molecule has 2 heterocycles. The van der Waals surface area contributed by atoms with Crippen LogP contribution in [0.4, 0.5) is 0 Å². The quantitative estimate of drug-likeness (QED) is 0.515. The third-order valence-corrected chi connectivity index (χ3v) is 5.63. The average molecular weight is 373 g/mol. The highest BCUT2D eigenvalue weighted by Gasteiger charge is 2.23. The Hall–Kier alpha value is -1.92. The summed E-state index contributed by atoms with van der Waals surface area (Å²) in [5, 5.41) is 0. The van der Waals surface area contributed by atoms with E-state index in [1.807, 2.05) is 29.2 Å². The van der Waals surface area contributed by atoms with Gasteiger partial charge in [0.1, 0.15) is 5.75 Å². The molecule has 148 valence electrons. The highest BCUT2D eigenvalue weighted by molar-refractivity contribution is 5.98. The standard InChI is InChI=1S/C21H31N3O3/c1-17-5-3-10-24(17)11-4-14-27-19-8-6-18(7-9-19)20(25)15-23-13-12-22(2)21(26)16-23/h6-9,17H,3-5,10-16H2,1-2H3. The lowest BCUT2D eigenvalue weighted by molar-refractivity contribution is -0.134. The fraction of sp³-hybridized carbons (Fsp3) is 0.619. The number of amides is 1. The van der Waals surface area contributed by atoms with Crippen molar-refractivity contribution in [2.75, 3.05) is 52.9 Å². The maximum absolute atomic E-state index is 12.4. The van der Waals surface area contributed by atoms with Crippen molar-refractivity contribution in [3.8, 4) is 5.75 Å². The number of likely N-dealkylation sites (N-methyl/N-ethyl adjacent to an activating group) is 1. The van der Waals surface area contributed by atoms with Gasteiger partial charge in [-0.3, -0.25) is 14.5 Å². The number of piperazine rings is 1. The van der Waals surface area contributed by atoms with Crippen molar-refractivity contribution in [1.29, 1.82) is 0 Å². The Morgan fingerprint density at radius 3 is 2.63 bits per heavy atom. The van der Waals surface area contributed by atoms with Gasteiger partial charge in [-0.1, -0.05) is 0 Å². The number of nitrogens with zero attached hydrogens (tertiary/aromatic N) is 3. The Morgan fingerprint density at radius 2 is 1.96 bits per heavy atom. The minimum absolute atomic E-state index is 0.0434. The lowest BCUT2D eigenvalue weighted by atomic mass is 10.1. The summed E-state index contributed by atoms with van der Waals surface area (Å²) in [5.74, 6) is 0.916. The fourth-order valence-corrected chi connectivity index (χ4v) is 3.76. The van der Waals surface area contributed by atoms with Gasteiger partial charge in [-0.25, -0.2) is 0 Å². The zero-order valence-corrected chi connectivity index (χ0v) is 16.5. The summed E-state index contributed by atoms with van der Waals surface area (Å²) >= 11 is 0. The first-order valence-electron chi connectivity index (χ1n) is 9.99. The molecule has 1 unspecified atom stereocenters. The van der Waals surface area contributed by atoms with Crippen LogP contribution in [0.2, 0.25) is 0 Å². The molecule has 2 saturated heterocycles. The number of hydrogen-bond acceptors (Lipinski definition) is 5. The summed E-state index contributed by atoms with van der Waals surface area (Å²) in [6.45, 7) is 7.30. The first kappa shape index (κ1) is 19.8. The van der Waals surface area contributed by atoms with E-state index < -0.39 is 0 Å². The van der Waals surface area contributed by atoms with Crippen LogP contribution in [0.5, 0.6) is 5.75 Å². The number of carbonyl (C=O) groups is 2. The molecule has 0 radical (unpaired) electrons. The van der Waals surface area contributed by atoms with Crippen LogP contribution in [-0.2, 0) is 4.79 Å². The molecule has 6 nitrogen and oxygen atoms in total. The third-order valence-electron chi connectivity index (χ3n) is 5.63. The second-order valence-corrected chi connectivity index (χ2v) is 7.70. The normalized spacial score (nSPS) is 21.6. The van der Waals surface area contributed by atoms with E-state index in [0.29, 0.717) is 31.3 Å². The number of carbonyl (C=O) groups excluding carboxylic acids is 2. The van der Waals surface area contributed by atoms with E-state index in [0.717, 1.165) is 25.3 Å². The minimum Gasteiger partial charge on any atom is -0.494 e. The SMILES string of the molecule is CC1CCCN1CCCOc1ccc(C(=O)CN2CCN(C)C(=O)C2)cc1. The second-order valence-electron chi connectivity index (χ2n) is 7.70. The van der Waals surface area contributed by atoms with Gasteiger partial charge in [-0.2, -0.15) is 0 Å². The van der Waals surface area contributed by atoms with Crippen LogP contribution in [0.15, 0.2) is 24.3 Å². The van der Waals surface area contributed by atoms with E-state index in [4.69, 9.17) is 4.74 Å². The molecular formula is C21H31N3O3. The topological polar surface area (TPSA) is 53.1 Å². The summed E-state index contributed by atoms with van der Waals surface area (Å²) in [5.41, 5.74) is 0.666. The summed E-state index contributed by atoms with van der Waals surface area (Å²) in [6, 6.07) is 8.06. The summed E-state index contributed by atoms with van der Waals surface area (Å²) in [6.07, 6.45) is 3.63. The molecule has 0 aromatic heterocycles. The first-order chi connectivity index (χ1) is 13.0. The van der Waals surface area contributed by atoms with Crippen molar-refractivity contribution >= 4 is 11.7 Å². The van der Waals surface area contributed by atoms with Crippen LogP contribution in [0.1, 0.15) is 36.5 Å². The molecule has 0 bridgehead atoms. The molecule has 1 amide bonds. The van der Waals surface area contributed by atoms with Gasteiger partial charge in [0.05, 0.1) is 19.7 Å². The highest BCUT2D eigenvalue weighted by Crippen LogP contribution is 2.17.